The third kappa shape index (κ3) is 2.31. The summed E-state index contributed by atoms with van der Waals surface area (Å²) < 4.78 is 5.41. The van der Waals surface area contributed by atoms with Crippen LogP contribution in [0.1, 0.15) is 24.8 Å². The molecule has 17 heavy (non-hydrogen) atoms. The minimum Gasteiger partial charge on any atom is -0.481 e. The second kappa shape index (κ2) is 4.59. The number of fused-ring (bicyclic) bond motifs is 1. The molecule has 0 amide bonds. The number of carboxylic acid groups (broad SMARTS) is 1. The summed E-state index contributed by atoms with van der Waals surface area (Å²) in [7, 11) is 0. The van der Waals surface area contributed by atoms with Crippen molar-refractivity contribution in [2.75, 3.05) is 0 Å². The minimum atomic E-state index is -0.849. The van der Waals surface area contributed by atoms with E-state index in [9.17, 15) is 4.79 Å². The summed E-state index contributed by atoms with van der Waals surface area (Å²) in [4.78, 5) is 10.9. The van der Waals surface area contributed by atoms with Gasteiger partial charge in [-0.1, -0.05) is 18.2 Å². The van der Waals surface area contributed by atoms with Gasteiger partial charge in [0.1, 0.15) is 5.58 Å². The number of furan rings is 1. The summed E-state index contributed by atoms with van der Waals surface area (Å²) in [5.41, 5.74) is 7.50. The van der Waals surface area contributed by atoms with E-state index in [0.717, 1.165) is 16.5 Å². The molecule has 0 aliphatic carbocycles. The molecule has 0 saturated heterocycles. The number of benzene rings is 1. The van der Waals surface area contributed by atoms with Crippen molar-refractivity contribution in [1.82, 2.24) is 0 Å². The number of hydrogen-bond acceptors (Lipinski definition) is 3. The Morgan fingerprint density at radius 2 is 2.18 bits per heavy atom. The Balaban J connectivity index is 2.45. The molecule has 0 saturated carbocycles. The topological polar surface area (TPSA) is 76.5 Å². The third-order valence-corrected chi connectivity index (χ3v) is 2.94. The van der Waals surface area contributed by atoms with Crippen molar-refractivity contribution in [3.63, 3.8) is 0 Å². The predicted octanol–water partition coefficient (Wildman–Crippen LogP) is 2.34. The lowest BCUT2D eigenvalue weighted by molar-refractivity contribution is -0.137. The van der Waals surface area contributed by atoms with Crippen molar-refractivity contribution in [3.05, 3.63) is 36.1 Å². The largest absolute Gasteiger partial charge is 0.481 e. The number of carbonyl (C=O) groups is 1. The molecular formula is C13H15NO3. The Kier molecular flexibility index (Phi) is 3.15. The highest BCUT2D eigenvalue weighted by atomic mass is 16.4. The molecule has 0 spiro atoms. The molecule has 90 valence electrons. The van der Waals surface area contributed by atoms with Gasteiger partial charge in [0.15, 0.2) is 0 Å². The highest BCUT2D eigenvalue weighted by molar-refractivity contribution is 5.82. The van der Waals surface area contributed by atoms with E-state index >= 15 is 0 Å². The van der Waals surface area contributed by atoms with Gasteiger partial charge in [0.05, 0.1) is 12.7 Å². The van der Waals surface area contributed by atoms with Gasteiger partial charge in [-0.2, -0.15) is 0 Å². The lowest BCUT2D eigenvalue weighted by atomic mass is 9.90. The smallest absolute Gasteiger partial charge is 0.304 e. The third-order valence-electron chi connectivity index (χ3n) is 2.94. The molecule has 4 nitrogen and oxygen atoms in total. The maximum Gasteiger partial charge on any atom is 0.304 e. The molecule has 1 aromatic carbocycles. The van der Waals surface area contributed by atoms with E-state index in [0.29, 0.717) is 0 Å². The van der Waals surface area contributed by atoms with Crippen LogP contribution in [0.25, 0.3) is 11.0 Å². The van der Waals surface area contributed by atoms with Crippen molar-refractivity contribution < 1.29 is 14.3 Å². The first-order chi connectivity index (χ1) is 8.09. The highest BCUT2D eigenvalue weighted by Crippen LogP contribution is 2.31. The fourth-order valence-electron chi connectivity index (χ4n) is 2.05. The van der Waals surface area contributed by atoms with Crippen LogP contribution in [0.2, 0.25) is 0 Å². The predicted molar refractivity (Wildman–Crippen MR) is 64.9 cm³/mol. The molecule has 4 heteroatoms. The fraction of sp³-hybridized carbons (Fsp3) is 0.308. The van der Waals surface area contributed by atoms with E-state index in [1.807, 2.05) is 31.2 Å². The Hall–Kier alpha value is -1.81. The van der Waals surface area contributed by atoms with Gasteiger partial charge in [-0.05, 0) is 13.0 Å². The number of para-hydroxylation sites is 1. The van der Waals surface area contributed by atoms with E-state index in [4.69, 9.17) is 15.3 Å². The Bertz CT molecular complexity index is 530. The number of rotatable bonds is 4. The molecular weight excluding hydrogens is 218 g/mol. The van der Waals surface area contributed by atoms with E-state index < -0.39 is 5.97 Å². The van der Waals surface area contributed by atoms with Crippen molar-refractivity contribution in [1.29, 1.82) is 0 Å². The van der Waals surface area contributed by atoms with Crippen LogP contribution in [0, 0.1) is 0 Å². The zero-order valence-electron chi connectivity index (χ0n) is 9.59. The highest BCUT2D eigenvalue weighted by Gasteiger charge is 2.23. The number of nitrogens with two attached hydrogens (primary N) is 1. The van der Waals surface area contributed by atoms with Gasteiger partial charge in [0.25, 0.3) is 0 Å². The minimum absolute atomic E-state index is 0.0151. The maximum absolute atomic E-state index is 10.9. The van der Waals surface area contributed by atoms with E-state index in [2.05, 4.69) is 0 Å². The molecule has 2 rings (SSSR count). The fourth-order valence-corrected chi connectivity index (χ4v) is 2.05. The molecule has 2 atom stereocenters. The first-order valence-corrected chi connectivity index (χ1v) is 5.53. The second-order valence-electron chi connectivity index (χ2n) is 4.25. The monoisotopic (exact) mass is 233 g/mol. The van der Waals surface area contributed by atoms with Crippen LogP contribution >= 0.6 is 0 Å². The Labute approximate surface area is 99.0 Å². The molecule has 0 fully saturated rings. The lowest BCUT2D eigenvalue weighted by Gasteiger charge is -2.17. The van der Waals surface area contributed by atoms with E-state index in [1.54, 1.807) is 6.26 Å². The van der Waals surface area contributed by atoms with Gasteiger partial charge < -0.3 is 15.3 Å². The molecule has 2 aromatic rings. The van der Waals surface area contributed by atoms with Gasteiger partial charge >= 0.3 is 5.97 Å². The SMILES string of the molecule is CC(N)C(CC(=O)O)c1coc2ccccc12. The molecule has 1 aromatic heterocycles. The quantitative estimate of drug-likeness (QED) is 0.849. The van der Waals surface area contributed by atoms with Crippen LogP contribution in [0.4, 0.5) is 0 Å². The summed E-state index contributed by atoms with van der Waals surface area (Å²) in [5, 5.41) is 9.86. The van der Waals surface area contributed by atoms with Crippen molar-refractivity contribution in [2.24, 2.45) is 5.73 Å². The molecule has 3 N–H and O–H groups in total. The zero-order valence-corrected chi connectivity index (χ0v) is 9.59. The van der Waals surface area contributed by atoms with Crippen molar-refractivity contribution >= 4 is 16.9 Å². The number of carboxylic acids is 1. The van der Waals surface area contributed by atoms with Crippen LogP contribution in [0.5, 0.6) is 0 Å². The van der Waals surface area contributed by atoms with Gasteiger partial charge in [-0.15, -0.1) is 0 Å². The van der Waals surface area contributed by atoms with Crippen LogP contribution in [0.15, 0.2) is 34.9 Å². The van der Waals surface area contributed by atoms with E-state index in [-0.39, 0.29) is 18.4 Å². The number of hydrogen-bond donors (Lipinski definition) is 2. The van der Waals surface area contributed by atoms with Gasteiger partial charge in [0, 0.05) is 22.9 Å². The van der Waals surface area contributed by atoms with Crippen LogP contribution in [-0.2, 0) is 4.79 Å². The van der Waals surface area contributed by atoms with Crippen LogP contribution in [-0.4, -0.2) is 17.1 Å². The summed E-state index contributed by atoms with van der Waals surface area (Å²) in [6.07, 6.45) is 1.63. The first kappa shape index (κ1) is 11.7. The van der Waals surface area contributed by atoms with Crippen molar-refractivity contribution in [3.8, 4) is 0 Å². The Morgan fingerprint density at radius 1 is 1.47 bits per heavy atom. The van der Waals surface area contributed by atoms with Gasteiger partial charge in [-0.25, -0.2) is 0 Å². The Morgan fingerprint density at radius 3 is 2.82 bits per heavy atom. The average Bonchev–Trinajstić information content (AvgIpc) is 2.69. The second-order valence-corrected chi connectivity index (χ2v) is 4.25. The molecule has 2 unspecified atom stereocenters. The molecule has 0 radical (unpaired) electrons. The van der Waals surface area contributed by atoms with Gasteiger partial charge in [0.2, 0.25) is 0 Å². The van der Waals surface area contributed by atoms with Crippen molar-refractivity contribution in [2.45, 2.75) is 25.3 Å². The summed E-state index contributed by atoms with van der Waals surface area (Å²) in [5.74, 6) is -1.08. The zero-order chi connectivity index (χ0) is 12.4. The summed E-state index contributed by atoms with van der Waals surface area (Å²) in [6, 6.07) is 7.34. The van der Waals surface area contributed by atoms with E-state index in [1.165, 1.54) is 0 Å². The van der Waals surface area contributed by atoms with Gasteiger partial charge in [-0.3, -0.25) is 4.79 Å². The summed E-state index contributed by atoms with van der Waals surface area (Å²) >= 11 is 0. The number of aliphatic carboxylic acids is 1. The molecule has 0 aliphatic heterocycles. The maximum atomic E-state index is 10.9. The molecule has 0 aliphatic rings. The molecule has 1 heterocycles. The first-order valence-electron chi connectivity index (χ1n) is 5.53. The van der Waals surface area contributed by atoms with Crippen LogP contribution < -0.4 is 5.73 Å². The lowest BCUT2D eigenvalue weighted by Crippen LogP contribution is -2.26. The van der Waals surface area contributed by atoms with Crippen LogP contribution in [0.3, 0.4) is 0 Å². The normalized spacial score (nSPS) is 14.7. The summed E-state index contributed by atoms with van der Waals surface area (Å²) in [6.45, 7) is 1.81. The molecule has 0 bridgehead atoms. The average molecular weight is 233 g/mol. The standard InChI is InChI=1S/C13H15NO3/c1-8(14)10(6-13(15)16)11-7-17-12-5-3-2-4-9(11)12/h2-5,7-8,10H,6,14H2,1H3,(H,15,16).